The smallest absolute Gasteiger partial charge is 0.346 e. The van der Waals surface area contributed by atoms with Crippen molar-refractivity contribution in [3.63, 3.8) is 0 Å². The molecule has 34 heavy (non-hydrogen) atoms. The zero-order chi connectivity index (χ0) is 24.6. The van der Waals surface area contributed by atoms with Crippen molar-refractivity contribution in [1.82, 2.24) is 0 Å². The first kappa shape index (κ1) is 22.9. The summed E-state index contributed by atoms with van der Waals surface area (Å²) in [6.07, 6.45) is 0. The third-order valence-electron chi connectivity index (χ3n) is 4.99. The van der Waals surface area contributed by atoms with E-state index < -0.39 is 46.6 Å². The first-order valence-corrected chi connectivity index (χ1v) is 9.72. The van der Waals surface area contributed by atoms with Gasteiger partial charge in [0.05, 0.1) is 11.1 Å². The van der Waals surface area contributed by atoms with Crippen molar-refractivity contribution in [2.24, 2.45) is 0 Å². The molecule has 0 spiro atoms. The minimum atomic E-state index is -1.81. The zero-order valence-corrected chi connectivity index (χ0v) is 17.3. The minimum Gasteiger partial charge on any atom is -0.422 e. The summed E-state index contributed by atoms with van der Waals surface area (Å²) in [5.41, 5.74) is -0.444. The van der Waals surface area contributed by atoms with Crippen LogP contribution in [0, 0.1) is 36.0 Å². The van der Waals surface area contributed by atoms with Crippen LogP contribution in [0.4, 0.5) is 22.0 Å². The van der Waals surface area contributed by atoms with Gasteiger partial charge < -0.3 is 9.47 Å². The number of ether oxygens (including phenoxy) is 2. The van der Waals surface area contributed by atoms with E-state index in [-0.39, 0.29) is 22.4 Å². The maximum absolute atomic E-state index is 14.0. The Morgan fingerprint density at radius 2 is 1.38 bits per heavy atom. The van der Waals surface area contributed by atoms with E-state index in [1.165, 1.54) is 30.3 Å². The lowest BCUT2D eigenvalue weighted by Crippen LogP contribution is -2.13. The molecule has 0 heterocycles. The van der Waals surface area contributed by atoms with Crippen LogP contribution in [0.1, 0.15) is 26.3 Å². The summed E-state index contributed by atoms with van der Waals surface area (Å²) in [6.45, 7) is 1.68. The Morgan fingerprint density at radius 3 is 2.12 bits per heavy atom. The van der Waals surface area contributed by atoms with Gasteiger partial charge in [0.25, 0.3) is 0 Å². The predicted octanol–water partition coefficient (Wildman–Crippen LogP) is 6.28. The number of carbonyl (C=O) groups excluding carboxylic acids is 2. The van der Waals surface area contributed by atoms with E-state index >= 15 is 0 Å². The molecule has 0 bridgehead atoms. The third kappa shape index (κ3) is 4.19. The summed E-state index contributed by atoms with van der Waals surface area (Å²) in [5, 5.41) is 0.626. The highest BCUT2D eigenvalue weighted by atomic mass is 19.2. The maximum atomic E-state index is 14.0. The van der Waals surface area contributed by atoms with Gasteiger partial charge in [-0.05, 0) is 55.0 Å². The van der Waals surface area contributed by atoms with Crippen LogP contribution in [0.3, 0.4) is 0 Å². The number of halogens is 5. The van der Waals surface area contributed by atoms with Crippen LogP contribution in [0.25, 0.3) is 10.8 Å². The second-order valence-corrected chi connectivity index (χ2v) is 7.19. The molecule has 0 aliphatic carbocycles. The SMILES string of the molecule is Cc1ccc(OC(=O)c2ccc(F)c(F)c2F)c2cccc(OC(=O)c3ccc(F)c(F)c3)c12. The molecule has 0 radical (unpaired) electrons. The first-order valence-electron chi connectivity index (χ1n) is 9.72. The van der Waals surface area contributed by atoms with E-state index in [9.17, 15) is 31.5 Å². The molecule has 9 heteroatoms. The van der Waals surface area contributed by atoms with Gasteiger partial charge >= 0.3 is 11.9 Å². The standard InChI is InChI=1S/C25H13F5O4/c1-12-5-10-19(33-25(32)15-7-9-17(27)23(30)22(15)29)14-3-2-4-20(21(12)14)34-24(31)13-6-8-16(26)18(28)11-13/h2-11H,1H3. The fraction of sp³-hybridized carbons (Fsp3) is 0.0400. The van der Waals surface area contributed by atoms with E-state index in [1.807, 2.05) is 0 Å². The largest absolute Gasteiger partial charge is 0.422 e. The van der Waals surface area contributed by atoms with Crippen molar-refractivity contribution >= 4 is 22.7 Å². The zero-order valence-electron chi connectivity index (χ0n) is 17.3. The van der Waals surface area contributed by atoms with Crippen LogP contribution in [-0.4, -0.2) is 11.9 Å². The molecule has 0 aromatic heterocycles. The average Bonchev–Trinajstić information content (AvgIpc) is 2.81. The Kier molecular flexibility index (Phi) is 6.02. The Labute approximate surface area is 189 Å². The van der Waals surface area contributed by atoms with Crippen LogP contribution in [0.5, 0.6) is 11.5 Å². The van der Waals surface area contributed by atoms with Crippen LogP contribution < -0.4 is 9.47 Å². The van der Waals surface area contributed by atoms with Gasteiger partial charge in [-0.3, -0.25) is 0 Å². The third-order valence-corrected chi connectivity index (χ3v) is 4.99. The van der Waals surface area contributed by atoms with Gasteiger partial charge in [-0.25, -0.2) is 31.5 Å². The minimum absolute atomic E-state index is 0.0293. The van der Waals surface area contributed by atoms with E-state index in [1.54, 1.807) is 6.92 Å². The molecular weight excluding hydrogens is 459 g/mol. The molecule has 0 aliphatic rings. The summed E-state index contributed by atoms with van der Waals surface area (Å²) in [7, 11) is 0. The highest BCUT2D eigenvalue weighted by Crippen LogP contribution is 2.36. The van der Waals surface area contributed by atoms with Gasteiger partial charge in [-0.1, -0.05) is 18.2 Å². The molecular formula is C25H13F5O4. The first-order chi connectivity index (χ1) is 16.2. The van der Waals surface area contributed by atoms with Gasteiger partial charge in [-0.15, -0.1) is 0 Å². The fourth-order valence-electron chi connectivity index (χ4n) is 3.31. The molecule has 0 saturated heterocycles. The van der Waals surface area contributed by atoms with E-state index in [4.69, 9.17) is 9.47 Å². The molecule has 0 amide bonds. The van der Waals surface area contributed by atoms with Crippen LogP contribution >= 0.6 is 0 Å². The molecule has 172 valence electrons. The quantitative estimate of drug-likeness (QED) is 0.152. The van der Waals surface area contributed by atoms with Gasteiger partial charge in [0, 0.05) is 10.8 Å². The highest BCUT2D eigenvalue weighted by Gasteiger charge is 2.22. The second-order valence-electron chi connectivity index (χ2n) is 7.19. The molecule has 0 aliphatic heterocycles. The van der Waals surface area contributed by atoms with Crippen molar-refractivity contribution in [2.45, 2.75) is 6.92 Å². The van der Waals surface area contributed by atoms with Crippen LogP contribution in [-0.2, 0) is 0 Å². The second kappa shape index (κ2) is 8.93. The Hall–Kier alpha value is -4.27. The molecule has 4 rings (SSSR count). The number of aryl methyl sites for hydroxylation is 1. The lowest BCUT2D eigenvalue weighted by atomic mass is 10.0. The number of hydrogen-bond acceptors (Lipinski definition) is 4. The molecule has 0 atom stereocenters. The highest BCUT2D eigenvalue weighted by molar-refractivity contribution is 6.01. The lowest BCUT2D eigenvalue weighted by Gasteiger charge is -2.14. The maximum Gasteiger partial charge on any atom is 0.346 e. The predicted molar refractivity (Wildman–Crippen MR) is 111 cm³/mol. The van der Waals surface area contributed by atoms with E-state index in [0.29, 0.717) is 23.1 Å². The van der Waals surface area contributed by atoms with Crippen molar-refractivity contribution in [3.8, 4) is 11.5 Å². The summed E-state index contributed by atoms with van der Waals surface area (Å²) >= 11 is 0. The molecule has 0 N–H and O–H groups in total. The number of carbonyl (C=O) groups is 2. The molecule has 0 saturated carbocycles. The number of benzene rings is 4. The molecule has 0 fully saturated rings. The number of esters is 2. The van der Waals surface area contributed by atoms with Gasteiger partial charge in [0.1, 0.15) is 11.5 Å². The molecule has 4 nitrogen and oxygen atoms in total. The monoisotopic (exact) mass is 472 g/mol. The van der Waals surface area contributed by atoms with E-state index in [0.717, 1.165) is 18.2 Å². The van der Waals surface area contributed by atoms with Crippen molar-refractivity contribution in [3.05, 3.63) is 106 Å². The summed E-state index contributed by atoms with van der Waals surface area (Å²) < 4.78 is 77.9. The van der Waals surface area contributed by atoms with Crippen LogP contribution in [0.15, 0.2) is 60.7 Å². The Morgan fingerprint density at radius 1 is 0.676 bits per heavy atom. The van der Waals surface area contributed by atoms with Crippen molar-refractivity contribution in [2.75, 3.05) is 0 Å². The lowest BCUT2D eigenvalue weighted by molar-refractivity contribution is 0.0721. The number of rotatable bonds is 4. The van der Waals surface area contributed by atoms with Gasteiger partial charge in [-0.2, -0.15) is 0 Å². The fourth-order valence-corrected chi connectivity index (χ4v) is 3.31. The number of fused-ring (bicyclic) bond motifs is 1. The Bertz CT molecular complexity index is 1470. The molecule has 4 aromatic carbocycles. The summed E-state index contributed by atoms with van der Waals surface area (Å²) in [6, 6.07) is 11.3. The Balaban J connectivity index is 1.70. The number of hydrogen-bond donors (Lipinski definition) is 0. The normalized spacial score (nSPS) is 10.9. The van der Waals surface area contributed by atoms with Crippen LogP contribution in [0.2, 0.25) is 0 Å². The summed E-state index contributed by atoms with van der Waals surface area (Å²) in [5.74, 6) is -9.58. The van der Waals surface area contributed by atoms with Crippen molar-refractivity contribution < 1.29 is 41.0 Å². The van der Waals surface area contributed by atoms with E-state index in [2.05, 4.69) is 0 Å². The summed E-state index contributed by atoms with van der Waals surface area (Å²) in [4.78, 5) is 24.9. The van der Waals surface area contributed by atoms with Gasteiger partial charge in [0.2, 0.25) is 0 Å². The average molecular weight is 472 g/mol. The van der Waals surface area contributed by atoms with Gasteiger partial charge in [0.15, 0.2) is 29.1 Å². The molecule has 0 unspecified atom stereocenters. The topological polar surface area (TPSA) is 52.6 Å². The molecule has 4 aromatic rings. The van der Waals surface area contributed by atoms with Crippen molar-refractivity contribution in [1.29, 1.82) is 0 Å².